The quantitative estimate of drug-likeness (QED) is 0.627. The number of hydrogen-bond donors (Lipinski definition) is 1. The molecule has 5 heteroatoms. The van der Waals surface area contributed by atoms with Crippen molar-refractivity contribution in [3.63, 3.8) is 0 Å². The van der Waals surface area contributed by atoms with E-state index in [0.717, 1.165) is 22.4 Å². The van der Waals surface area contributed by atoms with Gasteiger partial charge in [0, 0.05) is 23.8 Å². The summed E-state index contributed by atoms with van der Waals surface area (Å²) in [5.41, 5.74) is 4.25. The lowest BCUT2D eigenvalue weighted by Gasteiger charge is -2.08. The third-order valence-corrected chi connectivity index (χ3v) is 3.78. The zero-order valence-electron chi connectivity index (χ0n) is 12.8. The summed E-state index contributed by atoms with van der Waals surface area (Å²) in [5, 5.41) is 2.86. The fourth-order valence-electron chi connectivity index (χ4n) is 2.57. The topological polar surface area (TPSA) is 59.8 Å². The van der Waals surface area contributed by atoms with Crippen molar-refractivity contribution in [3.8, 4) is 5.69 Å². The third kappa shape index (κ3) is 2.63. The van der Waals surface area contributed by atoms with Gasteiger partial charge in [-0.1, -0.05) is 12.1 Å². The van der Waals surface area contributed by atoms with Crippen molar-refractivity contribution in [2.45, 2.75) is 0 Å². The van der Waals surface area contributed by atoms with Gasteiger partial charge < -0.3 is 5.32 Å². The van der Waals surface area contributed by atoms with Crippen LogP contribution >= 0.6 is 0 Å². The SMILES string of the molecule is O=C(Nc1ccc(-n2cnc3ccccc32)cc1)c1cccnc1. The van der Waals surface area contributed by atoms with E-state index in [-0.39, 0.29) is 5.91 Å². The molecule has 1 N–H and O–H groups in total. The van der Waals surface area contributed by atoms with E-state index in [2.05, 4.69) is 15.3 Å². The van der Waals surface area contributed by atoms with Crippen LogP contribution in [0, 0.1) is 0 Å². The number of nitrogens with zero attached hydrogens (tertiary/aromatic N) is 3. The smallest absolute Gasteiger partial charge is 0.257 e. The number of rotatable bonds is 3. The number of carbonyl (C=O) groups is 1. The average Bonchev–Trinajstić information content (AvgIpc) is 3.07. The van der Waals surface area contributed by atoms with Crippen molar-refractivity contribution in [2.24, 2.45) is 0 Å². The molecular weight excluding hydrogens is 300 g/mol. The van der Waals surface area contributed by atoms with Gasteiger partial charge in [0.2, 0.25) is 0 Å². The Bertz CT molecular complexity index is 991. The third-order valence-electron chi connectivity index (χ3n) is 3.78. The fraction of sp³-hybridized carbons (Fsp3) is 0. The van der Waals surface area contributed by atoms with Gasteiger partial charge in [-0.25, -0.2) is 4.98 Å². The predicted molar refractivity (Wildman–Crippen MR) is 93.3 cm³/mol. The summed E-state index contributed by atoms with van der Waals surface area (Å²) in [6, 6.07) is 19.1. The molecular formula is C19H14N4O. The van der Waals surface area contributed by atoms with E-state index in [1.807, 2.05) is 53.1 Å². The molecule has 24 heavy (non-hydrogen) atoms. The number of fused-ring (bicyclic) bond motifs is 1. The average molecular weight is 314 g/mol. The summed E-state index contributed by atoms with van der Waals surface area (Å²) in [6.45, 7) is 0. The van der Waals surface area contributed by atoms with Crippen LogP contribution in [-0.4, -0.2) is 20.4 Å². The van der Waals surface area contributed by atoms with Gasteiger partial charge in [0.15, 0.2) is 0 Å². The Kier molecular flexibility index (Phi) is 3.51. The molecule has 2 aromatic heterocycles. The standard InChI is InChI=1S/C19H14N4O/c24-19(14-4-3-11-20-12-14)22-15-7-9-16(10-8-15)23-13-21-17-5-1-2-6-18(17)23/h1-13H,(H,22,24). The molecule has 0 saturated carbocycles. The van der Waals surface area contributed by atoms with Crippen LogP contribution in [0.3, 0.4) is 0 Å². The van der Waals surface area contributed by atoms with Crippen molar-refractivity contribution in [2.75, 3.05) is 5.32 Å². The summed E-state index contributed by atoms with van der Waals surface area (Å²) in [6.07, 6.45) is 4.98. The Morgan fingerprint density at radius 1 is 0.958 bits per heavy atom. The normalized spacial score (nSPS) is 10.7. The number of carbonyl (C=O) groups excluding carboxylic acids is 1. The van der Waals surface area contributed by atoms with Crippen LogP contribution < -0.4 is 5.32 Å². The summed E-state index contributed by atoms with van der Waals surface area (Å²) >= 11 is 0. The molecule has 0 fully saturated rings. The summed E-state index contributed by atoms with van der Waals surface area (Å²) in [7, 11) is 0. The second-order valence-corrected chi connectivity index (χ2v) is 5.35. The number of aromatic nitrogens is 3. The first-order valence-corrected chi connectivity index (χ1v) is 7.55. The van der Waals surface area contributed by atoms with Crippen LogP contribution in [0.4, 0.5) is 5.69 Å². The number of hydrogen-bond acceptors (Lipinski definition) is 3. The maximum absolute atomic E-state index is 12.1. The van der Waals surface area contributed by atoms with Crippen molar-refractivity contribution < 1.29 is 4.79 Å². The number of pyridine rings is 1. The fourth-order valence-corrected chi connectivity index (χ4v) is 2.57. The molecule has 0 aliphatic rings. The molecule has 1 amide bonds. The van der Waals surface area contributed by atoms with Crippen molar-refractivity contribution >= 4 is 22.6 Å². The van der Waals surface area contributed by atoms with Crippen LogP contribution in [0.1, 0.15) is 10.4 Å². The van der Waals surface area contributed by atoms with Crippen molar-refractivity contribution in [1.82, 2.24) is 14.5 Å². The highest BCUT2D eigenvalue weighted by Gasteiger charge is 2.07. The number of imidazole rings is 1. The molecule has 0 aliphatic carbocycles. The summed E-state index contributed by atoms with van der Waals surface area (Å²) < 4.78 is 2.02. The molecule has 116 valence electrons. The lowest BCUT2D eigenvalue weighted by molar-refractivity contribution is 0.102. The zero-order valence-corrected chi connectivity index (χ0v) is 12.8. The van der Waals surface area contributed by atoms with Gasteiger partial charge in [-0.2, -0.15) is 0 Å². The lowest BCUT2D eigenvalue weighted by atomic mass is 10.2. The van der Waals surface area contributed by atoms with Crippen LogP contribution in [0.15, 0.2) is 79.4 Å². The van der Waals surface area contributed by atoms with Crippen LogP contribution in [-0.2, 0) is 0 Å². The zero-order chi connectivity index (χ0) is 16.4. The van der Waals surface area contributed by atoms with E-state index in [9.17, 15) is 4.79 Å². The molecule has 0 saturated heterocycles. The Balaban J connectivity index is 1.58. The summed E-state index contributed by atoms with van der Waals surface area (Å²) in [5.74, 6) is -0.177. The molecule has 5 nitrogen and oxygen atoms in total. The van der Waals surface area contributed by atoms with Gasteiger partial charge in [-0.05, 0) is 48.5 Å². The largest absolute Gasteiger partial charge is 0.322 e. The summed E-state index contributed by atoms with van der Waals surface area (Å²) in [4.78, 5) is 20.5. The Hall–Kier alpha value is -3.47. The van der Waals surface area contributed by atoms with Crippen LogP contribution in [0.5, 0.6) is 0 Å². The Labute approximate surface area is 138 Å². The molecule has 0 spiro atoms. The van der Waals surface area contributed by atoms with Crippen LogP contribution in [0.2, 0.25) is 0 Å². The van der Waals surface area contributed by atoms with E-state index < -0.39 is 0 Å². The minimum atomic E-state index is -0.177. The van der Waals surface area contributed by atoms with Crippen molar-refractivity contribution in [1.29, 1.82) is 0 Å². The molecule has 0 aliphatic heterocycles. The Morgan fingerprint density at radius 3 is 2.58 bits per heavy atom. The van der Waals surface area contributed by atoms with E-state index in [4.69, 9.17) is 0 Å². The molecule has 4 rings (SSSR count). The van der Waals surface area contributed by atoms with Gasteiger partial charge in [-0.3, -0.25) is 14.3 Å². The van der Waals surface area contributed by atoms with E-state index in [0.29, 0.717) is 5.56 Å². The number of benzene rings is 2. The van der Waals surface area contributed by atoms with Crippen molar-refractivity contribution in [3.05, 3.63) is 84.9 Å². The van der Waals surface area contributed by atoms with Gasteiger partial charge in [0.1, 0.15) is 6.33 Å². The number of para-hydroxylation sites is 2. The lowest BCUT2D eigenvalue weighted by Crippen LogP contribution is -2.11. The molecule has 0 unspecified atom stereocenters. The molecule has 0 bridgehead atoms. The maximum Gasteiger partial charge on any atom is 0.257 e. The van der Waals surface area contributed by atoms with E-state index >= 15 is 0 Å². The minimum Gasteiger partial charge on any atom is -0.322 e. The van der Waals surface area contributed by atoms with Gasteiger partial charge in [0.05, 0.1) is 16.6 Å². The predicted octanol–water partition coefficient (Wildman–Crippen LogP) is 3.67. The first kappa shape index (κ1) is 14.1. The number of nitrogens with one attached hydrogen (secondary N) is 1. The highest BCUT2D eigenvalue weighted by molar-refractivity contribution is 6.04. The highest BCUT2D eigenvalue weighted by Crippen LogP contribution is 2.19. The van der Waals surface area contributed by atoms with Gasteiger partial charge in [-0.15, -0.1) is 0 Å². The van der Waals surface area contributed by atoms with Crippen LogP contribution in [0.25, 0.3) is 16.7 Å². The van der Waals surface area contributed by atoms with Gasteiger partial charge in [0.25, 0.3) is 5.91 Å². The molecule has 0 radical (unpaired) electrons. The van der Waals surface area contributed by atoms with E-state index in [1.54, 1.807) is 30.9 Å². The molecule has 0 atom stereocenters. The number of amides is 1. The molecule has 4 aromatic rings. The Morgan fingerprint density at radius 2 is 1.79 bits per heavy atom. The van der Waals surface area contributed by atoms with E-state index in [1.165, 1.54) is 0 Å². The second-order valence-electron chi connectivity index (χ2n) is 5.35. The minimum absolute atomic E-state index is 0.177. The maximum atomic E-state index is 12.1. The van der Waals surface area contributed by atoms with Gasteiger partial charge >= 0.3 is 0 Å². The monoisotopic (exact) mass is 314 g/mol. The highest BCUT2D eigenvalue weighted by atomic mass is 16.1. The molecule has 2 aromatic carbocycles. The first-order valence-electron chi connectivity index (χ1n) is 7.55. The number of anilines is 1. The first-order chi connectivity index (χ1) is 11.8. The molecule has 2 heterocycles. The second kappa shape index (κ2) is 5.96.